The van der Waals surface area contributed by atoms with Gasteiger partial charge in [-0.2, -0.15) is 0 Å². The average molecular weight is 297 g/mol. The summed E-state index contributed by atoms with van der Waals surface area (Å²) in [5, 5.41) is 12.2. The lowest BCUT2D eigenvalue weighted by Crippen LogP contribution is -2.46. The summed E-state index contributed by atoms with van der Waals surface area (Å²) in [5.74, 6) is -0.601. The molecule has 5 nitrogen and oxygen atoms in total. The largest absolute Gasteiger partial charge is 0.508 e. The highest BCUT2D eigenvalue weighted by Crippen LogP contribution is 2.21. The van der Waals surface area contributed by atoms with Crippen LogP contribution in [0, 0.1) is 0 Å². The number of amides is 2. The van der Waals surface area contributed by atoms with E-state index in [9.17, 15) is 14.7 Å². The third kappa shape index (κ3) is 3.22. The lowest BCUT2D eigenvalue weighted by Gasteiger charge is -2.21. The van der Waals surface area contributed by atoms with Gasteiger partial charge in [0.05, 0.1) is 10.6 Å². The van der Waals surface area contributed by atoms with E-state index in [4.69, 9.17) is 11.6 Å². The number of phenolic OH excluding ortho intramolecular Hbond substituents is 1. The number of halogens is 1. The fourth-order valence-corrected chi connectivity index (χ4v) is 2.44. The maximum absolute atomic E-state index is 12.1. The molecule has 2 rings (SSSR count). The van der Waals surface area contributed by atoms with Crippen molar-refractivity contribution in [2.75, 3.05) is 13.1 Å². The van der Waals surface area contributed by atoms with Crippen molar-refractivity contribution in [2.24, 2.45) is 0 Å². The predicted molar refractivity (Wildman–Crippen MR) is 75.9 cm³/mol. The molecule has 1 aliphatic rings. The van der Waals surface area contributed by atoms with Crippen molar-refractivity contribution in [1.29, 1.82) is 0 Å². The van der Waals surface area contributed by atoms with E-state index in [1.165, 1.54) is 18.2 Å². The Balaban J connectivity index is 2.03. The summed E-state index contributed by atoms with van der Waals surface area (Å²) in [6.45, 7) is 3.13. The zero-order valence-corrected chi connectivity index (χ0v) is 12.0. The Hall–Kier alpha value is -1.75. The highest BCUT2D eigenvalue weighted by Gasteiger charge is 2.25. The van der Waals surface area contributed by atoms with Crippen molar-refractivity contribution in [2.45, 2.75) is 25.8 Å². The van der Waals surface area contributed by atoms with Crippen molar-refractivity contribution in [3.05, 3.63) is 28.8 Å². The van der Waals surface area contributed by atoms with E-state index in [0.29, 0.717) is 0 Å². The van der Waals surface area contributed by atoms with E-state index in [-0.39, 0.29) is 22.2 Å². The molecule has 1 aliphatic heterocycles. The van der Waals surface area contributed by atoms with Gasteiger partial charge in [-0.3, -0.25) is 9.59 Å². The van der Waals surface area contributed by atoms with Crippen molar-refractivity contribution in [3.63, 3.8) is 0 Å². The minimum Gasteiger partial charge on any atom is -0.508 e. The van der Waals surface area contributed by atoms with Crippen LogP contribution in [0.2, 0.25) is 5.02 Å². The number of benzene rings is 1. The van der Waals surface area contributed by atoms with Gasteiger partial charge in [0.1, 0.15) is 11.8 Å². The minimum absolute atomic E-state index is 0.0435. The van der Waals surface area contributed by atoms with Gasteiger partial charge in [-0.1, -0.05) is 11.6 Å². The fraction of sp³-hybridized carbons (Fsp3) is 0.429. The number of nitrogens with one attached hydrogen (secondary N) is 1. The van der Waals surface area contributed by atoms with Gasteiger partial charge in [0.25, 0.3) is 5.91 Å². The molecule has 1 heterocycles. The molecule has 1 aromatic carbocycles. The summed E-state index contributed by atoms with van der Waals surface area (Å²) in [6.07, 6.45) is 2.01. The van der Waals surface area contributed by atoms with Crippen LogP contribution < -0.4 is 5.32 Å². The molecule has 0 spiro atoms. The Morgan fingerprint density at radius 2 is 2.00 bits per heavy atom. The van der Waals surface area contributed by atoms with Crippen LogP contribution in [0.15, 0.2) is 18.2 Å². The predicted octanol–water partition coefficient (Wildman–Crippen LogP) is 1.79. The van der Waals surface area contributed by atoms with Crippen LogP contribution in [0.25, 0.3) is 0 Å². The first kappa shape index (κ1) is 14.7. The van der Waals surface area contributed by atoms with Gasteiger partial charge in [-0.25, -0.2) is 0 Å². The first-order chi connectivity index (χ1) is 9.49. The summed E-state index contributed by atoms with van der Waals surface area (Å²) in [7, 11) is 0. The van der Waals surface area contributed by atoms with Crippen molar-refractivity contribution in [1.82, 2.24) is 10.2 Å². The second-order valence-corrected chi connectivity index (χ2v) is 5.30. The molecule has 6 heteroatoms. The molecule has 1 unspecified atom stereocenters. The van der Waals surface area contributed by atoms with Gasteiger partial charge >= 0.3 is 0 Å². The summed E-state index contributed by atoms with van der Waals surface area (Å²) in [5.41, 5.74) is 0.160. The number of aromatic hydroxyl groups is 1. The van der Waals surface area contributed by atoms with Gasteiger partial charge in [0.15, 0.2) is 0 Å². The van der Waals surface area contributed by atoms with E-state index < -0.39 is 11.9 Å². The van der Waals surface area contributed by atoms with Crippen molar-refractivity contribution < 1.29 is 14.7 Å². The zero-order valence-electron chi connectivity index (χ0n) is 11.2. The van der Waals surface area contributed by atoms with E-state index in [2.05, 4.69) is 5.32 Å². The number of nitrogens with zero attached hydrogens (tertiary/aromatic N) is 1. The second-order valence-electron chi connectivity index (χ2n) is 4.89. The van der Waals surface area contributed by atoms with E-state index in [1.54, 1.807) is 11.8 Å². The fourth-order valence-electron chi connectivity index (χ4n) is 2.23. The number of hydrogen-bond acceptors (Lipinski definition) is 3. The molecule has 2 amide bonds. The Kier molecular flexibility index (Phi) is 4.49. The molecule has 0 saturated carbocycles. The summed E-state index contributed by atoms with van der Waals surface area (Å²) in [4.78, 5) is 25.9. The molecular formula is C14H17ClN2O3. The Bertz CT molecular complexity index is 527. The monoisotopic (exact) mass is 296 g/mol. The molecule has 1 aromatic rings. The average Bonchev–Trinajstić information content (AvgIpc) is 2.94. The van der Waals surface area contributed by atoms with Crippen LogP contribution in [-0.2, 0) is 4.79 Å². The molecule has 20 heavy (non-hydrogen) atoms. The van der Waals surface area contributed by atoms with Crippen LogP contribution in [0.3, 0.4) is 0 Å². The quantitative estimate of drug-likeness (QED) is 0.893. The highest BCUT2D eigenvalue weighted by molar-refractivity contribution is 6.34. The third-order valence-electron chi connectivity index (χ3n) is 3.33. The smallest absolute Gasteiger partial charge is 0.253 e. The Labute approximate surface area is 122 Å². The summed E-state index contributed by atoms with van der Waals surface area (Å²) >= 11 is 5.91. The third-order valence-corrected chi connectivity index (χ3v) is 3.66. The topological polar surface area (TPSA) is 69.6 Å². The number of phenols is 1. The molecular weight excluding hydrogens is 280 g/mol. The number of carbonyl (C=O) groups excluding carboxylic acids is 2. The Morgan fingerprint density at radius 3 is 2.65 bits per heavy atom. The zero-order chi connectivity index (χ0) is 14.7. The molecule has 2 N–H and O–H groups in total. The molecule has 0 bridgehead atoms. The minimum atomic E-state index is -0.612. The molecule has 1 saturated heterocycles. The Morgan fingerprint density at radius 1 is 1.35 bits per heavy atom. The van der Waals surface area contributed by atoms with Crippen LogP contribution in [0.5, 0.6) is 5.75 Å². The SMILES string of the molecule is CC(NC(=O)c1cc(O)ccc1Cl)C(=O)N1CCCC1. The van der Waals surface area contributed by atoms with E-state index >= 15 is 0 Å². The summed E-state index contributed by atoms with van der Waals surface area (Å²) < 4.78 is 0. The standard InChI is InChI=1S/C14H17ClN2O3/c1-9(14(20)17-6-2-3-7-17)16-13(19)11-8-10(18)4-5-12(11)15/h4-5,8-9,18H,2-3,6-7H2,1H3,(H,16,19). The lowest BCUT2D eigenvalue weighted by molar-refractivity contribution is -0.131. The first-order valence-electron chi connectivity index (χ1n) is 6.57. The van der Waals surface area contributed by atoms with Gasteiger partial charge in [-0.05, 0) is 38.0 Å². The summed E-state index contributed by atoms with van der Waals surface area (Å²) in [6, 6.07) is 3.51. The number of hydrogen-bond donors (Lipinski definition) is 2. The van der Waals surface area contributed by atoms with Crippen LogP contribution in [0.1, 0.15) is 30.1 Å². The van der Waals surface area contributed by atoms with Crippen molar-refractivity contribution >= 4 is 23.4 Å². The van der Waals surface area contributed by atoms with Gasteiger partial charge < -0.3 is 15.3 Å². The molecule has 0 aliphatic carbocycles. The molecule has 108 valence electrons. The van der Waals surface area contributed by atoms with Crippen LogP contribution in [0.4, 0.5) is 0 Å². The van der Waals surface area contributed by atoms with E-state index in [0.717, 1.165) is 25.9 Å². The van der Waals surface area contributed by atoms with E-state index in [1.807, 2.05) is 0 Å². The van der Waals surface area contributed by atoms with Crippen LogP contribution in [-0.4, -0.2) is 41.0 Å². The first-order valence-corrected chi connectivity index (χ1v) is 6.95. The molecule has 0 radical (unpaired) electrons. The second kappa shape index (κ2) is 6.13. The lowest BCUT2D eigenvalue weighted by atomic mass is 10.2. The maximum atomic E-state index is 12.1. The van der Waals surface area contributed by atoms with Gasteiger partial charge in [0.2, 0.25) is 5.91 Å². The van der Waals surface area contributed by atoms with Gasteiger partial charge in [-0.15, -0.1) is 0 Å². The maximum Gasteiger partial charge on any atom is 0.253 e. The van der Waals surface area contributed by atoms with Crippen LogP contribution >= 0.6 is 11.6 Å². The number of carbonyl (C=O) groups is 2. The normalized spacial score (nSPS) is 16.0. The number of rotatable bonds is 3. The van der Waals surface area contributed by atoms with Gasteiger partial charge in [0, 0.05) is 13.1 Å². The molecule has 1 atom stereocenters. The molecule has 0 aromatic heterocycles. The van der Waals surface area contributed by atoms with Crippen molar-refractivity contribution in [3.8, 4) is 5.75 Å². The molecule has 1 fully saturated rings. The number of likely N-dealkylation sites (tertiary alicyclic amines) is 1. The highest BCUT2D eigenvalue weighted by atomic mass is 35.5.